The van der Waals surface area contributed by atoms with Crippen molar-refractivity contribution in [2.75, 3.05) is 52.3 Å². The number of methoxy groups -OCH3 is 2. The van der Waals surface area contributed by atoms with Crippen molar-refractivity contribution in [3.63, 3.8) is 0 Å². The fourth-order valence-corrected chi connectivity index (χ4v) is 4.02. The van der Waals surface area contributed by atoms with Crippen LogP contribution in [0.5, 0.6) is 17.2 Å². The molecule has 1 saturated heterocycles. The number of hydrogen-bond acceptors (Lipinski definition) is 6. The monoisotopic (exact) mass is 489 g/mol. The molecule has 3 aromatic rings. The predicted molar refractivity (Wildman–Crippen MR) is 138 cm³/mol. The van der Waals surface area contributed by atoms with Crippen LogP contribution in [0.1, 0.15) is 15.9 Å². The number of amides is 2. The number of benzene rings is 3. The van der Waals surface area contributed by atoms with E-state index in [2.05, 4.69) is 22.3 Å². The molecule has 1 fully saturated rings. The summed E-state index contributed by atoms with van der Waals surface area (Å²) in [4.78, 5) is 29.4. The molecule has 188 valence electrons. The lowest BCUT2D eigenvalue weighted by Crippen LogP contribution is -2.48. The number of piperazine rings is 1. The molecule has 0 atom stereocenters. The highest BCUT2D eigenvalue weighted by atomic mass is 16.5. The third-order valence-corrected chi connectivity index (χ3v) is 6.05. The van der Waals surface area contributed by atoms with Gasteiger partial charge in [-0.05, 0) is 54.1 Å². The molecule has 0 aromatic heterocycles. The lowest BCUT2D eigenvalue weighted by molar-refractivity contribution is -0.118. The Kier molecular flexibility index (Phi) is 8.41. The molecule has 0 unspecified atom stereocenters. The van der Waals surface area contributed by atoms with Crippen LogP contribution in [-0.4, -0.2) is 68.6 Å². The first kappa shape index (κ1) is 25.1. The Morgan fingerprint density at radius 3 is 2.14 bits per heavy atom. The highest BCUT2D eigenvalue weighted by Crippen LogP contribution is 2.18. The summed E-state index contributed by atoms with van der Waals surface area (Å²) in [7, 11) is 3.23. The van der Waals surface area contributed by atoms with Crippen LogP contribution in [0.15, 0.2) is 72.8 Å². The van der Waals surface area contributed by atoms with Crippen LogP contribution >= 0.6 is 0 Å². The SMILES string of the molecule is COc1ccc(CN2CCN(C(=O)c3ccc(OCC(=O)Nc4cccc(OC)c4)cc3)CC2)cc1. The first-order valence-electron chi connectivity index (χ1n) is 11.9. The molecule has 0 radical (unpaired) electrons. The van der Waals surface area contributed by atoms with Crippen molar-refractivity contribution < 1.29 is 23.8 Å². The van der Waals surface area contributed by atoms with Gasteiger partial charge in [0.05, 0.1) is 14.2 Å². The summed E-state index contributed by atoms with van der Waals surface area (Å²) in [6, 6.07) is 22.1. The maximum Gasteiger partial charge on any atom is 0.262 e. The smallest absolute Gasteiger partial charge is 0.262 e. The van der Waals surface area contributed by atoms with Gasteiger partial charge in [-0.15, -0.1) is 0 Å². The van der Waals surface area contributed by atoms with Gasteiger partial charge in [-0.3, -0.25) is 14.5 Å². The molecule has 36 heavy (non-hydrogen) atoms. The Balaban J connectivity index is 1.22. The number of nitrogens with one attached hydrogen (secondary N) is 1. The summed E-state index contributed by atoms with van der Waals surface area (Å²) >= 11 is 0. The fourth-order valence-electron chi connectivity index (χ4n) is 4.02. The maximum absolute atomic E-state index is 12.9. The van der Waals surface area contributed by atoms with Crippen LogP contribution in [0.4, 0.5) is 5.69 Å². The van der Waals surface area contributed by atoms with Crippen molar-refractivity contribution in [2.45, 2.75) is 6.54 Å². The summed E-state index contributed by atoms with van der Waals surface area (Å²) < 4.78 is 16.0. The second kappa shape index (κ2) is 12.1. The lowest BCUT2D eigenvalue weighted by atomic mass is 10.1. The molecule has 0 aliphatic carbocycles. The van der Waals surface area contributed by atoms with Crippen molar-refractivity contribution >= 4 is 17.5 Å². The molecule has 1 aliphatic heterocycles. The van der Waals surface area contributed by atoms with Crippen molar-refractivity contribution in [2.24, 2.45) is 0 Å². The van der Waals surface area contributed by atoms with Crippen molar-refractivity contribution in [1.82, 2.24) is 9.80 Å². The largest absolute Gasteiger partial charge is 0.497 e. The standard InChI is InChI=1S/C28H31N3O5/c1-34-24-10-6-21(7-11-24)19-30-14-16-31(17-15-30)28(33)22-8-12-25(13-9-22)36-20-27(32)29-23-4-3-5-26(18-23)35-2/h3-13,18H,14-17,19-20H2,1-2H3,(H,29,32). The van der Waals surface area contributed by atoms with Crippen molar-refractivity contribution in [1.29, 1.82) is 0 Å². The maximum atomic E-state index is 12.9. The zero-order valence-corrected chi connectivity index (χ0v) is 20.6. The van der Waals surface area contributed by atoms with Crippen LogP contribution in [0.3, 0.4) is 0 Å². The highest BCUT2D eigenvalue weighted by molar-refractivity contribution is 5.94. The van der Waals surface area contributed by atoms with Crippen molar-refractivity contribution in [3.8, 4) is 17.2 Å². The average molecular weight is 490 g/mol. The number of anilines is 1. The molecule has 3 aromatic carbocycles. The van der Waals surface area contributed by atoms with Crippen LogP contribution < -0.4 is 19.5 Å². The van der Waals surface area contributed by atoms with E-state index in [0.29, 0.717) is 35.8 Å². The van der Waals surface area contributed by atoms with Crippen LogP contribution in [0.25, 0.3) is 0 Å². The fraction of sp³-hybridized carbons (Fsp3) is 0.286. The minimum absolute atomic E-state index is 0.00131. The first-order valence-corrected chi connectivity index (χ1v) is 11.9. The Hall–Kier alpha value is -4.04. The number of carbonyl (C=O) groups excluding carboxylic acids is 2. The first-order chi connectivity index (χ1) is 17.5. The zero-order valence-electron chi connectivity index (χ0n) is 20.6. The summed E-state index contributed by atoms with van der Waals surface area (Å²) in [5.74, 6) is 1.75. The van der Waals surface area contributed by atoms with Gasteiger partial charge in [0.25, 0.3) is 11.8 Å². The molecule has 2 amide bonds. The molecular weight excluding hydrogens is 458 g/mol. The van der Waals surface area contributed by atoms with Gasteiger partial charge in [-0.2, -0.15) is 0 Å². The lowest BCUT2D eigenvalue weighted by Gasteiger charge is -2.34. The average Bonchev–Trinajstić information content (AvgIpc) is 2.93. The number of rotatable bonds is 9. The minimum atomic E-state index is -0.282. The second-order valence-corrected chi connectivity index (χ2v) is 8.51. The Bertz CT molecular complexity index is 1160. The number of hydrogen-bond donors (Lipinski definition) is 1. The van der Waals surface area contributed by atoms with Crippen molar-refractivity contribution in [3.05, 3.63) is 83.9 Å². The minimum Gasteiger partial charge on any atom is -0.497 e. The third-order valence-electron chi connectivity index (χ3n) is 6.05. The number of ether oxygens (including phenoxy) is 3. The van der Waals surface area contributed by atoms with E-state index in [1.54, 1.807) is 62.8 Å². The van der Waals surface area contributed by atoms with Crippen LogP contribution in [0.2, 0.25) is 0 Å². The Morgan fingerprint density at radius 1 is 0.806 bits per heavy atom. The zero-order chi connectivity index (χ0) is 25.3. The quantitative estimate of drug-likeness (QED) is 0.494. The summed E-state index contributed by atoms with van der Waals surface area (Å²) in [5, 5.41) is 2.77. The Labute approximate surface area is 211 Å². The molecule has 1 N–H and O–H groups in total. The Morgan fingerprint density at radius 2 is 1.47 bits per heavy atom. The van der Waals surface area contributed by atoms with Gasteiger partial charge in [0, 0.05) is 50.0 Å². The summed E-state index contributed by atoms with van der Waals surface area (Å²) in [6.45, 7) is 3.71. The normalized spacial score (nSPS) is 13.7. The van der Waals surface area contributed by atoms with Crippen LogP contribution in [-0.2, 0) is 11.3 Å². The van der Waals surface area contributed by atoms with E-state index in [4.69, 9.17) is 14.2 Å². The van der Waals surface area contributed by atoms with Crippen LogP contribution in [0, 0.1) is 0 Å². The third kappa shape index (κ3) is 6.76. The molecular formula is C28H31N3O5. The van der Waals surface area contributed by atoms with Gasteiger partial charge in [0.15, 0.2) is 6.61 Å². The summed E-state index contributed by atoms with van der Waals surface area (Å²) in [6.07, 6.45) is 0. The topological polar surface area (TPSA) is 80.3 Å². The molecule has 0 bridgehead atoms. The van der Waals surface area contributed by atoms with E-state index in [9.17, 15) is 9.59 Å². The molecule has 0 spiro atoms. The molecule has 8 heteroatoms. The number of carbonyl (C=O) groups is 2. The number of nitrogens with zero attached hydrogens (tertiary/aromatic N) is 2. The van der Waals surface area contributed by atoms with Gasteiger partial charge < -0.3 is 24.4 Å². The molecule has 8 nitrogen and oxygen atoms in total. The highest BCUT2D eigenvalue weighted by Gasteiger charge is 2.22. The predicted octanol–water partition coefficient (Wildman–Crippen LogP) is 3.68. The second-order valence-electron chi connectivity index (χ2n) is 8.51. The summed E-state index contributed by atoms with van der Waals surface area (Å²) in [5.41, 5.74) is 2.46. The van der Waals surface area contributed by atoms with E-state index in [1.165, 1.54) is 5.56 Å². The van der Waals surface area contributed by atoms with E-state index in [0.717, 1.165) is 25.4 Å². The molecule has 1 aliphatic rings. The molecule has 0 saturated carbocycles. The van der Waals surface area contributed by atoms with E-state index in [1.807, 2.05) is 17.0 Å². The van der Waals surface area contributed by atoms with Gasteiger partial charge in [0.2, 0.25) is 0 Å². The van der Waals surface area contributed by atoms with Gasteiger partial charge >= 0.3 is 0 Å². The van der Waals surface area contributed by atoms with Gasteiger partial charge in [-0.25, -0.2) is 0 Å². The molecule has 1 heterocycles. The van der Waals surface area contributed by atoms with E-state index >= 15 is 0 Å². The molecule has 4 rings (SSSR count). The van der Waals surface area contributed by atoms with E-state index in [-0.39, 0.29) is 18.4 Å². The van der Waals surface area contributed by atoms with E-state index < -0.39 is 0 Å². The van der Waals surface area contributed by atoms with Gasteiger partial charge in [0.1, 0.15) is 17.2 Å². The van der Waals surface area contributed by atoms with Gasteiger partial charge in [-0.1, -0.05) is 18.2 Å².